The molecule has 1 aliphatic rings. The molecular weight excluding hydrogens is 927 g/mol. The summed E-state index contributed by atoms with van der Waals surface area (Å²) in [4.78, 5) is 0. The van der Waals surface area contributed by atoms with Crippen molar-refractivity contribution in [3.05, 3.63) is 214 Å². The second kappa shape index (κ2) is 16.0. The van der Waals surface area contributed by atoms with Gasteiger partial charge in [0, 0.05) is 34.3 Å². The SMILES string of the molecule is FC(F)(F)c1ccc2c(c1)-c1cc(C(F)(F)F)ccc1C2Cc1ccc(-c2c3ccccc3c(-c3ccc(Cn4c5ccc(C(F)(F)F)cc5c5cc(C(F)(F)F)ccc54)cc3)c3ccccc23)cc1. The van der Waals surface area contributed by atoms with Crippen LogP contribution >= 0.6 is 0 Å². The Morgan fingerprint density at radius 3 is 1.06 bits per heavy atom. The van der Waals surface area contributed by atoms with E-state index in [0.717, 1.165) is 103 Å². The summed E-state index contributed by atoms with van der Waals surface area (Å²) in [6.07, 6.45) is -18.4. The highest BCUT2D eigenvalue weighted by atomic mass is 19.4. The molecule has 13 heteroatoms. The molecule has 0 amide bonds. The largest absolute Gasteiger partial charge is 0.416 e. The minimum absolute atomic E-state index is 0.0579. The van der Waals surface area contributed by atoms with Gasteiger partial charge in [0.1, 0.15) is 0 Å². The minimum atomic E-state index is -4.70. The highest BCUT2D eigenvalue weighted by molar-refractivity contribution is 6.21. The van der Waals surface area contributed by atoms with Crippen molar-refractivity contribution >= 4 is 43.4 Å². The maximum absolute atomic E-state index is 13.8. The van der Waals surface area contributed by atoms with Crippen LogP contribution in [0.4, 0.5) is 52.7 Å². The Morgan fingerprint density at radius 1 is 0.343 bits per heavy atom. The summed E-state index contributed by atoms with van der Waals surface area (Å²) in [5, 5.41) is 3.87. The maximum atomic E-state index is 13.8. The number of hydrogen-bond donors (Lipinski definition) is 0. The Hall–Kier alpha value is -7.54. The van der Waals surface area contributed by atoms with Gasteiger partial charge in [-0.15, -0.1) is 0 Å². The molecule has 0 spiro atoms. The van der Waals surface area contributed by atoms with Crippen molar-refractivity contribution in [3.63, 3.8) is 0 Å². The van der Waals surface area contributed by atoms with Crippen LogP contribution in [0.5, 0.6) is 0 Å². The van der Waals surface area contributed by atoms with Crippen LogP contribution in [0.3, 0.4) is 0 Å². The average molecular weight is 960 g/mol. The monoisotopic (exact) mass is 959 g/mol. The van der Waals surface area contributed by atoms with E-state index in [1.165, 1.54) is 24.3 Å². The fourth-order valence-electron chi connectivity index (χ4n) is 10.3. The predicted molar refractivity (Wildman–Crippen MR) is 248 cm³/mol. The van der Waals surface area contributed by atoms with E-state index in [4.69, 9.17) is 0 Å². The number of alkyl halides is 12. The number of nitrogens with zero attached hydrogens (tertiary/aromatic N) is 1. The number of aromatic nitrogens is 1. The molecule has 9 aromatic carbocycles. The zero-order valence-electron chi connectivity index (χ0n) is 36.1. The van der Waals surface area contributed by atoms with E-state index in [1.54, 1.807) is 4.57 Å². The molecule has 10 aromatic rings. The summed E-state index contributed by atoms with van der Waals surface area (Å²) in [5.41, 5.74) is 3.42. The van der Waals surface area contributed by atoms with E-state index in [2.05, 4.69) is 0 Å². The van der Waals surface area contributed by atoms with Crippen LogP contribution in [0, 0.1) is 0 Å². The first kappa shape index (κ1) is 44.9. The topological polar surface area (TPSA) is 4.93 Å². The number of rotatable bonds is 6. The molecule has 1 nitrogen and oxygen atoms in total. The third-order valence-corrected chi connectivity index (χ3v) is 13.5. The van der Waals surface area contributed by atoms with Crippen molar-refractivity contribution < 1.29 is 52.7 Å². The Labute approximate surface area is 390 Å². The Kier molecular flexibility index (Phi) is 10.3. The lowest BCUT2D eigenvalue weighted by molar-refractivity contribution is -0.138. The molecule has 0 radical (unpaired) electrons. The zero-order chi connectivity index (χ0) is 49.1. The lowest BCUT2D eigenvalue weighted by atomic mass is 9.85. The summed E-state index contributed by atoms with van der Waals surface area (Å²) in [5.74, 6) is -0.493. The van der Waals surface area contributed by atoms with Gasteiger partial charge in [-0.25, -0.2) is 0 Å². The smallest absolute Gasteiger partial charge is 0.336 e. The molecule has 0 N–H and O–H groups in total. The van der Waals surface area contributed by atoms with Crippen molar-refractivity contribution in [2.45, 2.75) is 43.6 Å². The van der Waals surface area contributed by atoms with Gasteiger partial charge in [0.2, 0.25) is 0 Å². The molecule has 1 aliphatic carbocycles. The number of halogens is 12. The van der Waals surface area contributed by atoms with Gasteiger partial charge in [-0.2, -0.15) is 52.7 Å². The Balaban J connectivity index is 0.944. The van der Waals surface area contributed by atoms with Crippen LogP contribution < -0.4 is 0 Å². The first-order valence-corrected chi connectivity index (χ1v) is 22.0. The van der Waals surface area contributed by atoms with E-state index in [9.17, 15) is 52.7 Å². The maximum Gasteiger partial charge on any atom is 0.416 e. The summed E-state index contributed by atoms with van der Waals surface area (Å²) in [6.45, 7) is 0.158. The van der Waals surface area contributed by atoms with Crippen LogP contribution in [0.1, 0.15) is 50.4 Å². The van der Waals surface area contributed by atoms with E-state index < -0.39 is 52.9 Å². The van der Waals surface area contributed by atoms with Gasteiger partial charge < -0.3 is 4.57 Å². The van der Waals surface area contributed by atoms with Gasteiger partial charge in [-0.1, -0.05) is 109 Å². The van der Waals surface area contributed by atoms with Crippen LogP contribution in [0.25, 0.3) is 76.7 Å². The van der Waals surface area contributed by atoms with E-state index in [0.29, 0.717) is 28.6 Å². The number of fused-ring (bicyclic) bond motifs is 8. The third-order valence-electron chi connectivity index (χ3n) is 13.5. The number of benzene rings is 9. The molecule has 70 heavy (non-hydrogen) atoms. The molecule has 350 valence electrons. The average Bonchev–Trinajstić information content (AvgIpc) is 3.80. The van der Waals surface area contributed by atoms with Gasteiger partial charge >= 0.3 is 24.7 Å². The molecular formula is C57H33F12N. The van der Waals surface area contributed by atoms with Crippen molar-refractivity contribution in [2.24, 2.45) is 0 Å². The number of hydrogen-bond acceptors (Lipinski definition) is 0. The van der Waals surface area contributed by atoms with E-state index in [1.807, 2.05) is 97.1 Å². The second-order valence-electron chi connectivity index (χ2n) is 17.6. The lowest BCUT2D eigenvalue weighted by Crippen LogP contribution is -2.06. The highest BCUT2D eigenvalue weighted by Gasteiger charge is 2.38. The van der Waals surface area contributed by atoms with Crippen molar-refractivity contribution in [1.82, 2.24) is 4.57 Å². The van der Waals surface area contributed by atoms with Crippen molar-refractivity contribution in [2.75, 3.05) is 0 Å². The van der Waals surface area contributed by atoms with Crippen LogP contribution in [0.2, 0.25) is 0 Å². The fraction of sp³-hybridized carbons (Fsp3) is 0.123. The molecule has 0 fully saturated rings. The molecule has 0 aliphatic heterocycles. The summed E-state index contributed by atoms with van der Waals surface area (Å²) in [7, 11) is 0. The highest BCUT2D eigenvalue weighted by Crippen LogP contribution is 2.50. The molecule has 11 rings (SSSR count). The predicted octanol–water partition coefficient (Wildman–Crippen LogP) is 17.9. The molecule has 0 bridgehead atoms. The van der Waals surface area contributed by atoms with Gasteiger partial charge in [-0.05, 0) is 144 Å². The van der Waals surface area contributed by atoms with Gasteiger partial charge in [-0.3, -0.25) is 0 Å². The van der Waals surface area contributed by atoms with Gasteiger partial charge in [0.25, 0.3) is 0 Å². The zero-order valence-corrected chi connectivity index (χ0v) is 36.1. The quantitative estimate of drug-likeness (QED) is 0.116. The first-order valence-electron chi connectivity index (χ1n) is 22.0. The third kappa shape index (κ3) is 7.71. The van der Waals surface area contributed by atoms with Gasteiger partial charge in [0.05, 0.1) is 22.3 Å². The molecule has 0 unspecified atom stereocenters. The first-order chi connectivity index (χ1) is 33.2. The standard InChI is InChI=1S/C57H33F12N/c58-54(59,60)35-17-21-39-45(40-22-18-36(55(61,62)63)27-47(40)46(39)26-35)25-31-9-13-33(14-10-31)52-41-5-1-3-7-43(41)53(44-8-4-2-6-42(44)52)34-15-11-32(12-16-34)30-70-50-23-19-37(56(64,65)66)28-48(50)49-29-38(57(67,68)69)20-24-51(49)70/h1-24,26-29,45H,25,30H2. The molecule has 1 heterocycles. The van der Waals surface area contributed by atoms with Crippen LogP contribution in [-0.2, 0) is 37.7 Å². The summed E-state index contributed by atoms with van der Waals surface area (Å²) >= 11 is 0. The summed E-state index contributed by atoms with van der Waals surface area (Å²) in [6, 6.07) is 44.0. The van der Waals surface area contributed by atoms with Crippen molar-refractivity contribution in [1.29, 1.82) is 0 Å². The fourth-order valence-corrected chi connectivity index (χ4v) is 10.3. The Morgan fingerprint density at radius 2 is 0.686 bits per heavy atom. The normalized spacial score (nSPS) is 13.5. The van der Waals surface area contributed by atoms with Crippen LogP contribution in [0.15, 0.2) is 170 Å². The Bertz CT molecular complexity index is 3510. The minimum Gasteiger partial charge on any atom is -0.336 e. The van der Waals surface area contributed by atoms with Crippen LogP contribution in [-0.4, -0.2) is 4.57 Å². The molecule has 0 saturated heterocycles. The van der Waals surface area contributed by atoms with E-state index in [-0.39, 0.29) is 28.4 Å². The molecule has 1 aromatic heterocycles. The molecule has 0 saturated carbocycles. The second-order valence-corrected chi connectivity index (χ2v) is 17.6. The molecule has 0 atom stereocenters. The lowest BCUT2D eigenvalue weighted by Gasteiger charge is -2.19. The van der Waals surface area contributed by atoms with Gasteiger partial charge in [0.15, 0.2) is 0 Å². The summed E-state index contributed by atoms with van der Waals surface area (Å²) < 4.78 is 167. The van der Waals surface area contributed by atoms with E-state index >= 15 is 0 Å². The van der Waals surface area contributed by atoms with Crippen molar-refractivity contribution in [3.8, 4) is 33.4 Å².